The third-order valence-electron chi connectivity index (χ3n) is 4.27. The standard InChI is InChI=1S/C17H21N3/c1-11-8-9-17(12(2)19-11)20-10-15-14(13(20)3)6-5-7-16(15)18-4/h5-7,17-19H,1-3,8-10H2,4H3. The number of hydrogen-bond acceptors (Lipinski definition) is 3. The zero-order chi connectivity index (χ0) is 14.3. The lowest BCUT2D eigenvalue weighted by Crippen LogP contribution is -2.39. The number of fused-ring (bicyclic) bond motifs is 1. The number of anilines is 1. The van der Waals surface area contributed by atoms with E-state index in [1.54, 1.807) is 0 Å². The van der Waals surface area contributed by atoms with Crippen molar-refractivity contribution in [3.05, 3.63) is 60.5 Å². The molecular weight excluding hydrogens is 246 g/mol. The van der Waals surface area contributed by atoms with Crippen LogP contribution in [0.1, 0.15) is 24.0 Å². The lowest BCUT2D eigenvalue weighted by Gasteiger charge is -2.36. The van der Waals surface area contributed by atoms with E-state index in [9.17, 15) is 0 Å². The van der Waals surface area contributed by atoms with Gasteiger partial charge in [0.25, 0.3) is 0 Å². The highest BCUT2D eigenvalue weighted by Gasteiger charge is 2.32. The molecule has 1 atom stereocenters. The molecule has 1 aromatic rings. The summed E-state index contributed by atoms with van der Waals surface area (Å²) in [6.45, 7) is 13.3. The number of allylic oxidation sites excluding steroid dienone is 1. The van der Waals surface area contributed by atoms with E-state index in [1.807, 2.05) is 7.05 Å². The molecule has 0 aliphatic carbocycles. The van der Waals surface area contributed by atoms with Crippen molar-refractivity contribution in [1.29, 1.82) is 0 Å². The monoisotopic (exact) mass is 267 g/mol. The molecule has 0 bridgehead atoms. The van der Waals surface area contributed by atoms with Gasteiger partial charge in [0, 0.05) is 47.5 Å². The molecule has 2 aliphatic rings. The van der Waals surface area contributed by atoms with E-state index in [1.165, 1.54) is 16.8 Å². The van der Waals surface area contributed by atoms with Crippen LogP contribution in [0.5, 0.6) is 0 Å². The SMILES string of the molecule is C=C1CCC(N2Cc3c(NC)cccc3C2=C)C(=C)N1. The molecule has 0 aromatic heterocycles. The van der Waals surface area contributed by atoms with E-state index in [-0.39, 0.29) is 0 Å². The zero-order valence-corrected chi connectivity index (χ0v) is 12.0. The van der Waals surface area contributed by atoms with Crippen molar-refractivity contribution in [2.75, 3.05) is 12.4 Å². The molecule has 2 heterocycles. The molecule has 0 spiro atoms. The van der Waals surface area contributed by atoms with E-state index in [0.29, 0.717) is 6.04 Å². The molecule has 2 aliphatic heterocycles. The highest BCUT2D eigenvalue weighted by molar-refractivity contribution is 5.75. The second-order valence-electron chi connectivity index (χ2n) is 5.46. The Morgan fingerprint density at radius 3 is 2.80 bits per heavy atom. The van der Waals surface area contributed by atoms with Gasteiger partial charge in [0.05, 0.1) is 6.04 Å². The molecule has 104 valence electrons. The Morgan fingerprint density at radius 2 is 2.10 bits per heavy atom. The fraction of sp³-hybridized carbons (Fsp3) is 0.294. The summed E-state index contributed by atoms with van der Waals surface area (Å²) in [6.07, 6.45) is 2.04. The summed E-state index contributed by atoms with van der Waals surface area (Å²) in [5.74, 6) is 0. The van der Waals surface area contributed by atoms with Gasteiger partial charge in [0.2, 0.25) is 0 Å². The first-order valence-corrected chi connectivity index (χ1v) is 7.01. The molecule has 3 heteroatoms. The van der Waals surface area contributed by atoms with E-state index in [4.69, 9.17) is 0 Å². The van der Waals surface area contributed by atoms with Crippen molar-refractivity contribution in [3.8, 4) is 0 Å². The first-order valence-electron chi connectivity index (χ1n) is 7.01. The average Bonchev–Trinajstić information content (AvgIpc) is 2.76. The summed E-state index contributed by atoms with van der Waals surface area (Å²) < 4.78 is 0. The summed E-state index contributed by atoms with van der Waals surface area (Å²) in [6, 6.07) is 6.64. The third kappa shape index (κ3) is 1.90. The van der Waals surface area contributed by atoms with Crippen LogP contribution in [0.2, 0.25) is 0 Å². The number of benzene rings is 1. The van der Waals surface area contributed by atoms with Gasteiger partial charge in [0.1, 0.15) is 0 Å². The molecule has 1 fully saturated rings. The number of hydrogen-bond donors (Lipinski definition) is 2. The minimum atomic E-state index is 0.296. The van der Waals surface area contributed by atoms with Gasteiger partial charge in [-0.05, 0) is 18.9 Å². The van der Waals surface area contributed by atoms with Gasteiger partial charge < -0.3 is 15.5 Å². The molecule has 1 saturated heterocycles. The van der Waals surface area contributed by atoms with Crippen LogP contribution in [0.4, 0.5) is 5.69 Å². The van der Waals surface area contributed by atoms with E-state index in [2.05, 4.69) is 53.5 Å². The molecule has 1 unspecified atom stereocenters. The van der Waals surface area contributed by atoms with Gasteiger partial charge in [0.15, 0.2) is 0 Å². The lowest BCUT2D eigenvalue weighted by atomic mass is 10.0. The maximum Gasteiger partial charge on any atom is 0.0693 e. The van der Waals surface area contributed by atoms with Gasteiger partial charge in [-0.1, -0.05) is 31.9 Å². The molecule has 0 radical (unpaired) electrons. The van der Waals surface area contributed by atoms with Crippen molar-refractivity contribution < 1.29 is 0 Å². The molecular formula is C17H21N3. The van der Waals surface area contributed by atoms with Crippen LogP contribution < -0.4 is 10.6 Å². The summed E-state index contributed by atoms with van der Waals surface area (Å²) >= 11 is 0. The van der Waals surface area contributed by atoms with E-state index < -0.39 is 0 Å². The quantitative estimate of drug-likeness (QED) is 0.861. The summed E-state index contributed by atoms with van der Waals surface area (Å²) in [4.78, 5) is 2.35. The average molecular weight is 267 g/mol. The van der Waals surface area contributed by atoms with Crippen molar-refractivity contribution >= 4 is 11.4 Å². The second kappa shape index (κ2) is 4.75. The van der Waals surface area contributed by atoms with E-state index >= 15 is 0 Å². The summed E-state index contributed by atoms with van der Waals surface area (Å²) in [5.41, 5.74) is 6.94. The Hall–Kier alpha value is -2.16. The molecule has 20 heavy (non-hydrogen) atoms. The molecule has 2 N–H and O–H groups in total. The van der Waals surface area contributed by atoms with Gasteiger partial charge in [-0.15, -0.1) is 0 Å². The van der Waals surface area contributed by atoms with Crippen LogP contribution in [0.15, 0.2) is 49.3 Å². The van der Waals surface area contributed by atoms with Gasteiger partial charge in [-0.25, -0.2) is 0 Å². The smallest absolute Gasteiger partial charge is 0.0693 e. The van der Waals surface area contributed by atoms with Crippen molar-refractivity contribution in [2.24, 2.45) is 0 Å². The third-order valence-corrected chi connectivity index (χ3v) is 4.27. The van der Waals surface area contributed by atoms with Crippen LogP contribution in [0, 0.1) is 0 Å². The fourth-order valence-corrected chi connectivity index (χ4v) is 3.18. The van der Waals surface area contributed by atoms with Crippen molar-refractivity contribution in [1.82, 2.24) is 10.2 Å². The Balaban J connectivity index is 1.90. The summed E-state index contributed by atoms with van der Waals surface area (Å²) in [5, 5.41) is 6.56. The van der Waals surface area contributed by atoms with Gasteiger partial charge in [-0.2, -0.15) is 0 Å². The van der Waals surface area contributed by atoms with Gasteiger partial charge >= 0.3 is 0 Å². The number of nitrogens with one attached hydrogen (secondary N) is 2. The van der Waals surface area contributed by atoms with Crippen LogP contribution in [-0.2, 0) is 6.54 Å². The molecule has 3 nitrogen and oxygen atoms in total. The van der Waals surface area contributed by atoms with Crippen molar-refractivity contribution in [3.63, 3.8) is 0 Å². The largest absolute Gasteiger partial charge is 0.388 e. The van der Waals surface area contributed by atoms with Crippen LogP contribution in [-0.4, -0.2) is 18.0 Å². The first-order chi connectivity index (χ1) is 9.61. The van der Waals surface area contributed by atoms with Gasteiger partial charge in [-0.3, -0.25) is 0 Å². The van der Waals surface area contributed by atoms with Crippen LogP contribution >= 0.6 is 0 Å². The maximum atomic E-state index is 4.29. The highest BCUT2D eigenvalue weighted by Crippen LogP contribution is 2.39. The minimum Gasteiger partial charge on any atom is -0.388 e. The molecule has 3 rings (SSSR count). The lowest BCUT2D eigenvalue weighted by molar-refractivity contribution is 0.297. The Morgan fingerprint density at radius 1 is 1.30 bits per heavy atom. The number of rotatable bonds is 2. The Labute approximate surface area is 120 Å². The number of piperidine rings is 1. The maximum absolute atomic E-state index is 4.29. The van der Waals surface area contributed by atoms with E-state index in [0.717, 1.165) is 36.5 Å². The Bertz CT molecular complexity index is 600. The molecule has 1 aromatic carbocycles. The second-order valence-corrected chi connectivity index (χ2v) is 5.46. The molecule has 0 amide bonds. The summed E-state index contributed by atoms with van der Waals surface area (Å²) in [7, 11) is 1.96. The minimum absolute atomic E-state index is 0.296. The normalized spacial score (nSPS) is 21.8. The van der Waals surface area contributed by atoms with Crippen LogP contribution in [0.3, 0.4) is 0 Å². The predicted octanol–water partition coefficient (Wildman–Crippen LogP) is 3.29. The van der Waals surface area contributed by atoms with Crippen molar-refractivity contribution in [2.45, 2.75) is 25.4 Å². The predicted molar refractivity (Wildman–Crippen MR) is 85.0 cm³/mol. The Kier molecular flexibility index (Phi) is 3.05. The highest BCUT2D eigenvalue weighted by atomic mass is 15.2. The zero-order valence-electron chi connectivity index (χ0n) is 12.0. The van der Waals surface area contributed by atoms with Crippen LogP contribution in [0.25, 0.3) is 5.70 Å². The molecule has 0 saturated carbocycles. The topological polar surface area (TPSA) is 27.3 Å². The fourth-order valence-electron chi connectivity index (χ4n) is 3.18. The first kappa shape index (κ1) is 12.9. The number of nitrogens with zero attached hydrogens (tertiary/aromatic N) is 1.